The molecule has 1 fully saturated rings. The van der Waals surface area contributed by atoms with Gasteiger partial charge in [-0.15, -0.1) is 0 Å². The van der Waals surface area contributed by atoms with E-state index < -0.39 is 0 Å². The fourth-order valence-corrected chi connectivity index (χ4v) is 2.47. The topological polar surface area (TPSA) is 44.1 Å². The predicted molar refractivity (Wildman–Crippen MR) is 64.0 cm³/mol. The summed E-state index contributed by atoms with van der Waals surface area (Å²) in [4.78, 5) is 14.7. The molecule has 0 saturated carbocycles. The zero-order valence-corrected chi connectivity index (χ0v) is 9.80. The Bertz CT molecular complexity index is 567. The lowest BCUT2D eigenvalue weighted by Gasteiger charge is -2.14. The second-order valence-electron chi connectivity index (χ2n) is 4.10. The molecule has 1 aliphatic rings. The van der Waals surface area contributed by atoms with Crippen LogP contribution in [-0.2, 0) is 9.53 Å². The number of hydrogen-bond donors (Lipinski definition) is 0. The minimum Gasteiger partial charge on any atom is -0.347 e. The fraction of sp³-hybridized carbons (Fsp3) is 0.333. The number of aromatic nitrogens is 2. The molecule has 4 nitrogen and oxygen atoms in total. The first-order valence-electron chi connectivity index (χ1n) is 5.51. The monoisotopic (exact) mass is 250 g/mol. The molecule has 0 aromatic carbocycles. The van der Waals surface area contributed by atoms with Gasteiger partial charge < -0.3 is 14.1 Å². The van der Waals surface area contributed by atoms with Gasteiger partial charge in [-0.1, -0.05) is 11.6 Å². The number of carbonyl (C=O) groups is 1. The van der Waals surface area contributed by atoms with Crippen LogP contribution in [0.15, 0.2) is 24.5 Å². The number of ether oxygens (including phenoxy) is 1. The van der Waals surface area contributed by atoms with Gasteiger partial charge in [0.05, 0.1) is 5.52 Å². The van der Waals surface area contributed by atoms with E-state index >= 15 is 0 Å². The van der Waals surface area contributed by atoms with Crippen molar-refractivity contribution in [3.8, 4) is 0 Å². The van der Waals surface area contributed by atoms with Crippen molar-refractivity contribution in [2.45, 2.75) is 25.2 Å². The highest BCUT2D eigenvalue weighted by molar-refractivity contribution is 6.34. The van der Waals surface area contributed by atoms with Gasteiger partial charge in [-0.2, -0.15) is 0 Å². The van der Waals surface area contributed by atoms with Gasteiger partial charge in [-0.25, -0.2) is 4.98 Å². The van der Waals surface area contributed by atoms with E-state index in [1.165, 1.54) is 0 Å². The zero-order valence-electron chi connectivity index (χ0n) is 9.04. The number of carbonyl (C=O) groups excluding carboxylic acids is 1. The third-order valence-electron chi connectivity index (χ3n) is 3.09. The van der Waals surface area contributed by atoms with Gasteiger partial charge in [0.25, 0.3) is 0 Å². The molecule has 17 heavy (non-hydrogen) atoms. The van der Waals surface area contributed by atoms with Gasteiger partial charge in [0.2, 0.25) is 0 Å². The second-order valence-corrected chi connectivity index (χ2v) is 4.46. The van der Waals surface area contributed by atoms with E-state index in [0.717, 1.165) is 30.0 Å². The summed E-state index contributed by atoms with van der Waals surface area (Å²) in [5.41, 5.74) is 0.988. The Kier molecular flexibility index (Phi) is 2.61. The van der Waals surface area contributed by atoms with Crippen LogP contribution in [0.1, 0.15) is 19.1 Å². The van der Waals surface area contributed by atoms with Crippen molar-refractivity contribution in [2.75, 3.05) is 0 Å². The number of fused-ring (bicyclic) bond motifs is 1. The molecule has 2 aromatic rings. The number of rotatable bonds is 2. The van der Waals surface area contributed by atoms with Crippen molar-refractivity contribution in [2.24, 2.45) is 0 Å². The van der Waals surface area contributed by atoms with Crippen LogP contribution < -0.4 is 0 Å². The van der Waals surface area contributed by atoms with Crippen molar-refractivity contribution >= 4 is 28.8 Å². The lowest BCUT2D eigenvalue weighted by atomic mass is 10.2. The molecule has 5 heteroatoms. The summed E-state index contributed by atoms with van der Waals surface area (Å²) < 4.78 is 7.64. The highest BCUT2D eigenvalue weighted by Crippen LogP contribution is 2.32. The molecule has 2 aromatic heterocycles. The summed E-state index contributed by atoms with van der Waals surface area (Å²) >= 11 is 6.01. The van der Waals surface area contributed by atoms with E-state index in [0.29, 0.717) is 5.15 Å². The van der Waals surface area contributed by atoms with Crippen LogP contribution in [0.4, 0.5) is 0 Å². The Morgan fingerprint density at radius 2 is 2.35 bits per heavy atom. The van der Waals surface area contributed by atoms with E-state index in [-0.39, 0.29) is 12.3 Å². The van der Waals surface area contributed by atoms with Crippen LogP contribution >= 0.6 is 11.6 Å². The summed E-state index contributed by atoms with van der Waals surface area (Å²) in [5, 5.41) is 1.40. The van der Waals surface area contributed by atoms with Gasteiger partial charge >= 0.3 is 0 Å². The highest BCUT2D eigenvalue weighted by atomic mass is 35.5. The number of halogens is 1. The fourth-order valence-electron chi connectivity index (χ4n) is 2.25. The average Bonchev–Trinajstić information content (AvgIpc) is 2.94. The Hall–Kier alpha value is -1.39. The first kappa shape index (κ1) is 10.7. The molecular weight excluding hydrogens is 240 g/mol. The van der Waals surface area contributed by atoms with E-state index in [4.69, 9.17) is 16.3 Å². The Morgan fingerprint density at radius 3 is 3.12 bits per heavy atom. The molecule has 3 heterocycles. The summed E-state index contributed by atoms with van der Waals surface area (Å²) in [6.07, 6.45) is 5.71. The molecule has 0 bridgehead atoms. The van der Waals surface area contributed by atoms with Crippen molar-refractivity contribution in [1.82, 2.24) is 9.55 Å². The first-order valence-corrected chi connectivity index (χ1v) is 5.89. The molecule has 1 aliphatic heterocycles. The largest absolute Gasteiger partial charge is 0.347 e. The average molecular weight is 251 g/mol. The minimum absolute atomic E-state index is 0.0823. The van der Waals surface area contributed by atoms with Gasteiger partial charge in [-0.3, -0.25) is 0 Å². The lowest BCUT2D eigenvalue weighted by molar-refractivity contribution is -0.119. The molecule has 0 N–H and O–H groups in total. The number of nitrogens with zero attached hydrogens (tertiary/aromatic N) is 2. The third-order valence-corrected chi connectivity index (χ3v) is 3.39. The van der Waals surface area contributed by atoms with Crippen LogP contribution in [0, 0.1) is 0 Å². The van der Waals surface area contributed by atoms with E-state index in [1.54, 1.807) is 6.20 Å². The number of hydrogen-bond acceptors (Lipinski definition) is 3. The molecule has 0 amide bonds. The van der Waals surface area contributed by atoms with Crippen LogP contribution in [0.5, 0.6) is 0 Å². The molecule has 0 spiro atoms. The SMILES string of the molecule is O=CC1CCC(n2ccc3c(Cl)nccc32)O1. The Balaban J connectivity index is 2.01. The van der Waals surface area contributed by atoms with Crippen molar-refractivity contribution in [3.63, 3.8) is 0 Å². The standard InChI is InChI=1S/C12H11ClN2O2/c13-12-9-4-6-15(10(9)3-5-14-12)11-2-1-8(7-16)17-11/h3-8,11H,1-2H2. The van der Waals surface area contributed by atoms with Gasteiger partial charge in [-0.05, 0) is 25.0 Å². The molecule has 2 atom stereocenters. The molecule has 3 rings (SSSR count). The normalized spacial score (nSPS) is 24.3. The quantitative estimate of drug-likeness (QED) is 0.608. The lowest BCUT2D eigenvalue weighted by Crippen LogP contribution is -2.11. The van der Waals surface area contributed by atoms with Crippen LogP contribution in [0.25, 0.3) is 10.9 Å². The first-order chi connectivity index (χ1) is 8.29. The molecule has 88 valence electrons. The molecule has 0 radical (unpaired) electrons. The van der Waals surface area contributed by atoms with E-state index in [9.17, 15) is 4.79 Å². The predicted octanol–water partition coefficient (Wildman–Crippen LogP) is 2.57. The van der Waals surface area contributed by atoms with E-state index in [2.05, 4.69) is 4.98 Å². The minimum atomic E-state index is -0.283. The molecule has 0 aliphatic carbocycles. The van der Waals surface area contributed by atoms with Gasteiger partial charge in [0.1, 0.15) is 23.8 Å². The number of aldehydes is 1. The second kappa shape index (κ2) is 4.13. The smallest absolute Gasteiger partial charge is 0.148 e. The number of pyridine rings is 1. The summed E-state index contributed by atoms with van der Waals surface area (Å²) in [5.74, 6) is 0. The summed E-state index contributed by atoms with van der Waals surface area (Å²) in [6.45, 7) is 0. The molecule has 2 unspecified atom stereocenters. The maximum Gasteiger partial charge on any atom is 0.148 e. The highest BCUT2D eigenvalue weighted by Gasteiger charge is 2.26. The van der Waals surface area contributed by atoms with Crippen LogP contribution in [0.2, 0.25) is 5.15 Å². The van der Waals surface area contributed by atoms with Crippen LogP contribution in [-0.4, -0.2) is 21.9 Å². The Morgan fingerprint density at radius 1 is 1.47 bits per heavy atom. The maximum atomic E-state index is 10.7. The summed E-state index contributed by atoms with van der Waals surface area (Å²) in [7, 11) is 0. The molecule has 1 saturated heterocycles. The summed E-state index contributed by atoms with van der Waals surface area (Å²) in [6, 6.07) is 3.82. The Labute approximate surface area is 103 Å². The maximum absolute atomic E-state index is 10.7. The third kappa shape index (κ3) is 1.73. The van der Waals surface area contributed by atoms with Gasteiger partial charge in [0, 0.05) is 17.8 Å². The van der Waals surface area contributed by atoms with Crippen molar-refractivity contribution in [1.29, 1.82) is 0 Å². The van der Waals surface area contributed by atoms with Crippen LogP contribution in [0.3, 0.4) is 0 Å². The van der Waals surface area contributed by atoms with E-state index in [1.807, 2.05) is 22.9 Å². The zero-order chi connectivity index (χ0) is 11.8. The van der Waals surface area contributed by atoms with Gasteiger partial charge in [0.15, 0.2) is 0 Å². The van der Waals surface area contributed by atoms with Crippen molar-refractivity contribution in [3.05, 3.63) is 29.7 Å². The molecular formula is C12H11ClN2O2. The van der Waals surface area contributed by atoms with Crippen molar-refractivity contribution < 1.29 is 9.53 Å².